The van der Waals surface area contributed by atoms with Gasteiger partial charge in [0.15, 0.2) is 6.19 Å². The second kappa shape index (κ2) is 4.61. The molecule has 0 saturated heterocycles. The van der Waals surface area contributed by atoms with E-state index in [0.29, 0.717) is 0 Å². The van der Waals surface area contributed by atoms with Crippen LogP contribution in [-0.2, 0) is 6.42 Å². The third-order valence-electron chi connectivity index (χ3n) is 4.57. The number of nitriles is 1. The molecule has 2 aliphatic rings. The standard InChI is InChI=1S/C16H15N5O/c17-9-20-6-2-4-11-12-3-1-5-13-15(12)10(7-14(11)20)8-21(13)16(22)19-18/h1,3-5,8,14H,2,6-7,18H2,(H,19,22)/t14-/m1/s1. The molecule has 0 fully saturated rings. The molecule has 2 aromatic rings. The van der Waals surface area contributed by atoms with E-state index < -0.39 is 0 Å². The van der Waals surface area contributed by atoms with E-state index in [0.717, 1.165) is 41.4 Å². The van der Waals surface area contributed by atoms with E-state index in [4.69, 9.17) is 5.84 Å². The van der Waals surface area contributed by atoms with Crippen molar-refractivity contribution in [3.05, 3.63) is 41.6 Å². The maximum Gasteiger partial charge on any atom is 0.340 e. The molecule has 0 spiro atoms. The lowest BCUT2D eigenvalue weighted by Gasteiger charge is -2.35. The Hall–Kier alpha value is -2.78. The molecule has 0 bridgehead atoms. The van der Waals surface area contributed by atoms with Gasteiger partial charge in [-0.05, 0) is 35.6 Å². The molecule has 4 rings (SSSR count). The lowest BCUT2D eigenvalue weighted by molar-refractivity contribution is 0.243. The molecule has 6 heteroatoms. The maximum atomic E-state index is 12.0. The molecule has 110 valence electrons. The number of rotatable bonds is 0. The first kappa shape index (κ1) is 12.9. The van der Waals surface area contributed by atoms with Crippen LogP contribution in [0, 0.1) is 11.5 Å². The summed E-state index contributed by atoms with van der Waals surface area (Å²) in [5, 5.41) is 10.5. The van der Waals surface area contributed by atoms with Crippen LogP contribution >= 0.6 is 0 Å². The molecule has 1 aromatic carbocycles. The zero-order chi connectivity index (χ0) is 15.3. The summed E-state index contributed by atoms with van der Waals surface area (Å²) < 4.78 is 1.54. The lowest BCUT2D eigenvalue weighted by atomic mass is 9.82. The Morgan fingerprint density at radius 3 is 3.09 bits per heavy atom. The van der Waals surface area contributed by atoms with Crippen LogP contribution in [0.15, 0.2) is 30.5 Å². The van der Waals surface area contributed by atoms with Crippen LogP contribution < -0.4 is 11.3 Å². The number of hydrazine groups is 1. The van der Waals surface area contributed by atoms with Crippen LogP contribution in [0.2, 0.25) is 0 Å². The topological polar surface area (TPSA) is 87.1 Å². The molecule has 3 N–H and O–H groups in total. The number of nitrogens with one attached hydrogen (secondary N) is 1. The molecule has 22 heavy (non-hydrogen) atoms. The summed E-state index contributed by atoms with van der Waals surface area (Å²) in [5.41, 5.74) is 6.42. The first-order valence-corrected chi connectivity index (χ1v) is 7.25. The fourth-order valence-electron chi connectivity index (χ4n) is 3.66. The van der Waals surface area contributed by atoms with Crippen LogP contribution in [-0.4, -0.2) is 28.1 Å². The molecule has 1 amide bonds. The molecular weight excluding hydrogens is 278 g/mol. The van der Waals surface area contributed by atoms with Crippen molar-refractivity contribution in [1.29, 1.82) is 5.26 Å². The number of fused-ring (bicyclic) bond motifs is 2. The molecule has 1 aromatic heterocycles. The summed E-state index contributed by atoms with van der Waals surface area (Å²) in [7, 11) is 0. The van der Waals surface area contributed by atoms with Gasteiger partial charge < -0.3 is 4.90 Å². The molecule has 2 heterocycles. The van der Waals surface area contributed by atoms with E-state index in [1.54, 1.807) is 4.57 Å². The van der Waals surface area contributed by atoms with Gasteiger partial charge in [0.05, 0.1) is 11.6 Å². The number of nitrogens with two attached hydrogens (primary N) is 1. The quantitative estimate of drug-likeness (QED) is 0.334. The summed E-state index contributed by atoms with van der Waals surface area (Å²) in [5.74, 6) is 5.28. The summed E-state index contributed by atoms with van der Waals surface area (Å²) >= 11 is 0. The second-order valence-corrected chi connectivity index (χ2v) is 5.63. The van der Waals surface area contributed by atoms with Crippen molar-refractivity contribution in [2.75, 3.05) is 6.54 Å². The minimum Gasteiger partial charge on any atom is -0.303 e. The van der Waals surface area contributed by atoms with E-state index in [9.17, 15) is 10.1 Å². The SMILES string of the molecule is N#CN1CCC=C2c3cccc4c3c(cn4C(=O)NN)C[C@H]21. The van der Waals surface area contributed by atoms with E-state index in [1.165, 1.54) is 5.57 Å². The van der Waals surface area contributed by atoms with E-state index in [-0.39, 0.29) is 12.1 Å². The van der Waals surface area contributed by atoms with Gasteiger partial charge in [-0.15, -0.1) is 0 Å². The molecule has 1 aliphatic carbocycles. The molecule has 0 unspecified atom stereocenters. The molecular formula is C16H15N5O. The normalized spacial score (nSPS) is 19.4. The summed E-state index contributed by atoms with van der Waals surface area (Å²) in [4.78, 5) is 13.8. The number of carbonyl (C=O) groups is 1. The molecule has 0 saturated carbocycles. The zero-order valence-electron chi connectivity index (χ0n) is 11.9. The molecule has 1 atom stereocenters. The Bertz CT molecular complexity index is 857. The predicted octanol–water partition coefficient (Wildman–Crippen LogP) is 1.57. The zero-order valence-corrected chi connectivity index (χ0v) is 11.9. The van der Waals surface area contributed by atoms with Crippen molar-refractivity contribution < 1.29 is 4.79 Å². The van der Waals surface area contributed by atoms with Gasteiger partial charge in [0.2, 0.25) is 0 Å². The fourth-order valence-corrected chi connectivity index (χ4v) is 3.66. The van der Waals surface area contributed by atoms with Crippen LogP contribution in [0.3, 0.4) is 0 Å². The van der Waals surface area contributed by atoms with E-state index in [2.05, 4.69) is 23.8 Å². The minimum atomic E-state index is -0.357. The fraction of sp³-hybridized carbons (Fsp3) is 0.250. The van der Waals surface area contributed by atoms with Crippen LogP contribution in [0.25, 0.3) is 16.5 Å². The first-order chi connectivity index (χ1) is 10.7. The average Bonchev–Trinajstić information content (AvgIpc) is 2.94. The highest BCUT2D eigenvalue weighted by molar-refractivity contribution is 6.02. The summed E-state index contributed by atoms with van der Waals surface area (Å²) in [6.07, 6.45) is 7.95. The summed E-state index contributed by atoms with van der Waals surface area (Å²) in [6, 6.07) is 5.63. The van der Waals surface area contributed by atoms with Gasteiger partial charge >= 0.3 is 6.03 Å². The van der Waals surface area contributed by atoms with Gasteiger partial charge in [0.25, 0.3) is 0 Å². The van der Waals surface area contributed by atoms with Gasteiger partial charge in [-0.1, -0.05) is 18.2 Å². The summed E-state index contributed by atoms with van der Waals surface area (Å²) in [6.45, 7) is 0.750. The third-order valence-corrected chi connectivity index (χ3v) is 4.57. The highest BCUT2D eigenvalue weighted by atomic mass is 16.2. The third kappa shape index (κ3) is 1.60. The highest BCUT2D eigenvalue weighted by Crippen LogP contribution is 2.40. The minimum absolute atomic E-state index is 0.0636. The predicted molar refractivity (Wildman–Crippen MR) is 82.5 cm³/mol. The van der Waals surface area contributed by atoms with Gasteiger partial charge in [-0.2, -0.15) is 5.26 Å². The Morgan fingerprint density at radius 1 is 1.45 bits per heavy atom. The largest absolute Gasteiger partial charge is 0.340 e. The maximum absolute atomic E-state index is 12.0. The number of nitrogens with zero attached hydrogens (tertiary/aromatic N) is 3. The highest BCUT2D eigenvalue weighted by Gasteiger charge is 2.33. The van der Waals surface area contributed by atoms with Crippen molar-refractivity contribution in [2.45, 2.75) is 18.9 Å². The Kier molecular flexibility index (Phi) is 2.71. The monoisotopic (exact) mass is 293 g/mol. The van der Waals surface area contributed by atoms with Crippen molar-refractivity contribution in [3.63, 3.8) is 0 Å². The number of carbonyl (C=O) groups excluding carboxylic acids is 1. The van der Waals surface area contributed by atoms with Crippen molar-refractivity contribution in [1.82, 2.24) is 14.9 Å². The second-order valence-electron chi connectivity index (χ2n) is 5.63. The molecule has 1 aliphatic heterocycles. The number of benzene rings is 1. The Balaban J connectivity index is 1.97. The number of amides is 1. The van der Waals surface area contributed by atoms with Crippen LogP contribution in [0.4, 0.5) is 4.79 Å². The van der Waals surface area contributed by atoms with Crippen LogP contribution in [0.5, 0.6) is 0 Å². The number of nitrogen functional groups attached to an aromatic ring is 1. The van der Waals surface area contributed by atoms with Crippen molar-refractivity contribution in [2.24, 2.45) is 5.84 Å². The van der Waals surface area contributed by atoms with Gasteiger partial charge in [0, 0.05) is 18.1 Å². The van der Waals surface area contributed by atoms with Crippen molar-refractivity contribution >= 4 is 22.5 Å². The van der Waals surface area contributed by atoms with Gasteiger partial charge in [-0.3, -0.25) is 9.99 Å². The van der Waals surface area contributed by atoms with Crippen LogP contribution in [0.1, 0.15) is 17.5 Å². The average molecular weight is 293 g/mol. The van der Waals surface area contributed by atoms with E-state index >= 15 is 0 Å². The van der Waals surface area contributed by atoms with Gasteiger partial charge in [-0.25, -0.2) is 10.6 Å². The number of hydrogen-bond acceptors (Lipinski definition) is 4. The van der Waals surface area contributed by atoms with Gasteiger partial charge in [0.1, 0.15) is 0 Å². The Morgan fingerprint density at radius 2 is 2.32 bits per heavy atom. The first-order valence-electron chi connectivity index (χ1n) is 7.25. The smallest absolute Gasteiger partial charge is 0.303 e. The molecule has 6 nitrogen and oxygen atoms in total. The van der Waals surface area contributed by atoms with E-state index in [1.807, 2.05) is 23.2 Å². The lowest BCUT2D eigenvalue weighted by Crippen LogP contribution is -2.38. The van der Waals surface area contributed by atoms with Crippen molar-refractivity contribution in [3.8, 4) is 6.19 Å². The number of hydrogen-bond donors (Lipinski definition) is 2. The molecule has 0 radical (unpaired) electrons. The number of aromatic nitrogens is 1. The Labute approximate surface area is 127 Å².